The Balaban J connectivity index is 2.59. The van der Waals surface area contributed by atoms with Crippen molar-refractivity contribution < 1.29 is 0 Å². The lowest BCUT2D eigenvalue weighted by Gasteiger charge is -2.08. The van der Waals surface area contributed by atoms with Gasteiger partial charge in [0.2, 0.25) is 0 Å². The van der Waals surface area contributed by atoms with E-state index in [0.29, 0.717) is 12.0 Å². The van der Waals surface area contributed by atoms with E-state index in [2.05, 4.69) is 49.9 Å². The van der Waals surface area contributed by atoms with E-state index in [9.17, 15) is 0 Å². The minimum Gasteiger partial charge on any atom is -0.345 e. The van der Waals surface area contributed by atoms with Gasteiger partial charge in [0.25, 0.3) is 0 Å². The highest BCUT2D eigenvalue weighted by atomic mass is 15.0. The molecule has 0 radical (unpaired) electrons. The molecule has 0 fully saturated rings. The van der Waals surface area contributed by atoms with Gasteiger partial charge in [-0.05, 0) is 26.2 Å². The number of aromatic amines is 1. The SMILES string of the molecule is CCC(C)NCc1nc(C(C)C)c(C)[nH]1. The molecule has 0 spiro atoms. The van der Waals surface area contributed by atoms with Gasteiger partial charge in [-0.3, -0.25) is 0 Å². The zero-order chi connectivity index (χ0) is 11.4. The number of imidazole rings is 1. The molecule has 0 aliphatic carbocycles. The lowest BCUT2D eigenvalue weighted by atomic mass is 10.1. The molecule has 0 aliphatic heterocycles. The largest absolute Gasteiger partial charge is 0.345 e. The lowest BCUT2D eigenvalue weighted by Crippen LogP contribution is -2.25. The van der Waals surface area contributed by atoms with E-state index in [-0.39, 0.29) is 0 Å². The molecule has 1 atom stereocenters. The minimum atomic E-state index is 0.499. The number of aromatic nitrogens is 2. The Morgan fingerprint density at radius 3 is 2.47 bits per heavy atom. The first kappa shape index (κ1) is 12.2. The summed E-state index contributed by atoms with van der Waals surface area (Å²) in [5, 5.41) is 3.43. The number of hydrogen-bond donors (Lipinski definition) is 2. The number of H-pyrrole nitrogens is 1. The average molecular weight is 209 g/mol. The first-order valence-electron chi connectivity index (χ1n) is 5.83. The van der Waals surface area contributed by atoms with E-state index in [4.69, 9.17) is 0 Å². The molecule has 1 heterocycles. The van der Waals surface area contributed by atoms with Gasteiger partial charge in [-0.1, -0.05) is 20.8 Å². The zero-order valence-electron chi connectivity index (χ0n) is 10.5. The normalized spacial score (nSPS) is 13.5. The van der Waals surface area contributed by atoms with Crippen LogP contribution in [0, 0.1) is 6.92 Å². The maximum atomic E-state index is 4.60. The van der Waals surface area contributed by atoms with Gasteiger partial charge in [0.15, 0.2) is 0 Å². The summed E-state index contributed by atoms with van der Waals surface area (Å²) in [7, 11) is 0. The molecule has 86 valence electrons. The van der Waals surface area contributed by atoms with Crippen LogP contribution in [0.5, 0.6) is 0 Å². The van der Waals surface area contributed by atoms with Crippen molar-refractivity contribution in [3.8, 4) is 0 Å². The molecule has 1 unspecified atom stereocenters. The standard InChI is InChI=1S/C12H23N3/c1-6-9(4)13-7-11-14-10(5)12(15-11)8(2)3/h8-9,13H,6-7H2,1-5H3,(H,14,15). The third-order valence-electron chi connectivity index (χ3n) is 2.75. The van der Waals surface area contributed by atoms with Gasteiger partial charge in [-0.15, -0.1) is 0 Å². The molecule has 1 aromatic rings. The molecule has 3 nitrogen and oxygen atoms in total. The molecule has 0 saturated carbocycles. The summed E-state index contributed by atoms with van der Waals surface area (Å²) in [6.45, 7) is 11.7. The van der Waals surface area contributed by atoms with Crippen molar-refractivity contribution in [1.29, 1.82) is 0 Å². The number of aryl methyl sites for hydroxylation is 1. The van der Waals surface area contributed by atoms with E-state index >= 15 is 0 Å². The molecule has 3 heteroatoms. The van der Waals surface area contributed by atoms with Crippen LogP contribution in [0.3, 0.4) is 0 Å². The van der Waals surface area contributed by atoms with Crippen molar-refractivity contribution in [3.63, 3.8) is 0 Å². The predicted octanol–water partition coefficient (Wildman–Crippen LogP) is 2.73. The highest BCUT2D eigenvalue weighted by Gasteiger charge is 2.09. The van der Waals surface area contributed by atoms with Crippen molar-refractivity contribution in [2.45, 2.75) is 59.5 Å². The summed E-state index contributed by atoms with van der Waals surface area (Å²) >= 11 is 0. The zero-order valence-corrected chi connectivity index (χ0v) is 10.5. The number of nitrogens with one attached hydrogen (secondary N) is 2. The summed E-state index contributed by atoms with van der Waals surface area (Å²) in [5.41, 5.74) is 2.39. The van der Waals surface area contributed by atoms with Crippen LogP contribution in [0.15, 0.2) is 0 Å². The molecule has 0 saturated heterocycles. The topological polar surface area (TPSA) is 40.7 Å². The molecule has 0 bridgehead atoms. The molecular weight excluding hydrogens is 186 g/mol. The number of rotatable bonds is 5. The second-order valence-corrected chi connectivity index (χ2v) is 4.54. The van der Waals surface area contributed by atoms with Crippen molar-refractivity contribution in [2.24, 2.45) is 0 Å². The van der Waals surface area contributed by atoms with Crippen LogP contribution in [0.1, 0.15) is 57.2 Å². The van der Waals surface area contributed by atoms with E-state index in [1.54, 1.807) is 0 Å². The van der Waals surface area contributed by atoms with E-state index in [1.165, 1.54) is 11.4 Å². The smallest absolute Gasteiger partial charge is 0.120 e. The van der Waals surface area contributed by atoms with E-state index in [1.807, 2.05) is 0 Å². The highest BCUT2D eigenvalue weighted by Crippen LogP contribution is 2.15. The third-order valence-corrected chi connectivity index (χ3v) is 2.75. The number of hydrogen-bond acceptors (Lipinski definition) is 2. The average Bonchev–Trinajstić information content (AvgIpc) is 2.56. The van der Waals surface area contributed by atoms with Crippen LogP contribution in [0.2, 0.25) is 0 Å². The van der Waals surface area contributed by atoms with Crippen LogP contribution in [0.4, 0.5) is 0 Å². The Hall–Kier alpha value is -0.830. The maximum Gasteiger partial charge on any atom is 0.120 e. The maximum absolute atomic E-state index is 4.60. The molecular formula is C12H23N3. The summed E-state index contributed by atoms with van der Waals surface area (Å²) in [6.07, 6.45) is 1.15. The fourth-order valence-corrected chi connectivity index (χ4v) is 1.60. The minimum absolute atomic E-state index is 0.499. The van der Waals surface area contributed by atoms with Crippen LogP contribution < -0.4 is 5.32 Å². The van der Waals surface area contributed by atoms with Gasteiger partial charge in [0.05, 0.1) is 12.2 Å². The second-order valence-electron chi connectivity index (χ2n) is 4.54. The summed E-state index contributed by atoms with van der Waals surface area (Å²) in [4.78, 5) is 7.93. The molecule has 0 amide bonds. The molecule has 15 heavy (non-hydrogen) atoms. The second kappa shape index (κ2) is 5.31. The predicted molar refractivity (Wildman–Crippen MR) is 64.0 cm³/mol. The van der Waals surface area contributed by atoms with Gasteiger partial charge in [0.1, 0.15) is 5.82 Å². The van der Waals surface area contributed by atoms with Gasteiger partial charge in [0, 0.05) is 11.7 Å². The van der Waals surface area contributed by atoms with Crippen molar-refractivity contribution >= 4 is 0 Å². The molecule has 0 aliphatic rings. The summed E-state index contributed by atoms with van der Waals surface area (Å²) in [5.74, 6) is 1.55. The Morgan fingerprint density at radius 2 is 2.00 bits per heavy atom. The van der Waals surface area contributed by atoms with Crippen molar-refractivity contribution in [2.75, 3.05) is 0 Å². The Bertz CT molecular complexity index is 302. The van der Waals surface area contributed by atoms with Crippen LogP contribution in [0.25, 0.3) is 0 Å². The molecule has 0 aromatic carbocycles. The monoisotopic (exact) mass is 209 g/mol. The fourth-order valence-electron chi connectivity index (χ4n) is 1.60. The molecule has 1 rings (SSSR count). The van der Waals surface area contributed by atoms with Gasteiger partial charge < -0.3 is 10.3 Å². The number of nitrogens with zero attached hydrogens (tertiary/aromatic N) is 1. The van der Waals surface area contributed by atoms with Crippen LogP contribution in [-0.4, -0.2) is 16.0 Å². The van der Waals surface area contributed by atoms with Crippen molar-refractivity contribution in [3.05, 3.63) is 17.2 Å². The van der Waals surface area contributed by atoms with Crippen LogP contribution >= 0.6 is 0 Å². The van der Waals surface area contributed by atoms with Crippen molar-refractivity contribution in [1.82, 2.24) is 15.3 Å². The lowest BCUT2D eigenvalue weighted by molar-refractivity contribution is 0.524. The first-order valence-corrected chi connectivity index (χ1v) is 5.83. The van der Waals surface area contributed by atoms with Gasteiger partial charge in [-0.25, -0.2) is 4.98 Å². The fraction of sp³-hybridized carbons (Fsp3) is 0.750. The summed E-state index contributed by atoms with van der Waals surface area (Å²) < 4.78 is 0. The third kappa shape index (κ3) is 3.34. The molecule has 2 N–H and O–H groups in total. The highest BCUT2D eigenvalue weighted by molar-refractivity contribution is 5.16. The first-order chi connectivity index (χ1) is 7.04. The Kier molecular flexibility index (Phi) is 4.33. The van der Waals surface area contributed by atoms with Gasteiger partial charge >= 0.3 is 0 Å². The quantitative estimate of drug-likeness (QED) is 0.783. The van der Waals surface area contributed by atoms with Gasteiger partial charge in [-0.2, -0.15) is 0 Å². The Labute approximate surface area is 92.7 Å². The van der Waals surface area contributed by atoms with E-state index < -0.39 is 0 Å². The van der Waals surface area contributed by atoms with E-state index in [0.717, 1.165) is 18.8 Å². The molecule has 1 aromatic heterocycles. The van der Waals surface area contributed by atoms with Crippen LogP contribution in [-0.2, 0) is 6.54 Å². The summed E-state index contributed by atoms with van der Waals surface area (Å²) in [6, 6.07) is 0.554. The Morgan fingerprint density at radius 1 is 1.33 bits per heavy atom.